The Morgan fingerprint density at radius 1 is 0.714 bits per heavy atom. The molecular formula is C6Cl2F6. The zero-order valence-corrected chi connectivity index (χ0v) is 7.54. The molecule has 0 amide bonds. The van der Waals surface area contributed by atoms with E-state index in [1.807, 2.05) is 0 Å². The molecule has 1 aliphatic rings. The van der Waals surface area contributed by atoms with Crippen molar-refractivity contribution in [1.82, 2.24) is 0 Å². The number of hydrogen-bond acceptors (Lipinski definition) is 0. The Morgan fingerprint density at radius 2 is 0.929 bits per heavy atom. The van der Waals surface area contributed by atoms with Crippen LogP contribution in [0.15, 0.2) is 21.7 Å². The highest BCUT2D eigenvalue weighted by Gasteiger charge is 2.65. The lowest BCUT2D eigenvalue weighted by atomic mass is 10.0. The van der Waals surface area contributed by atoms with Gasteiger partial charge in [0.1, 0.15) is 10.1 Å². The van der Waals surface area contributed by atoms with E-state index >= 15 is 0 Å². The fraction of sp³-hybridized carbons (Fsp3) is 0.333. The Balaban J connectivity index is 3.48. The SMILES string of the molecule is FC1=C(Cl)C(F)(F)C(F)(F)C(Cl)=C1F. The Kier molecular flexibility index (Phi) is 2.56. The summed E-state index contributed by atoms with van der Waals surface area (Å²) in [6.45, 7) is 0. The van der Waals surface area contributed by atoms with Crippen LogP contribution < -0.4 is 0 Å². The summed E-state index contributed by atoms with van der Waals surface area (Å²) in [7, 11) is 0. The molecule has 0 aromatic carbocycles. The number of halogens is 8. The summed E-state index contributed by atoms with van der Waals surface area (Å²) in [5.41, 5.74) is 0. The quantitative estimate of drug-likeness (QED) is 0.573. The molecule has 0 saturated heterocycles. The van der Waals surface area contributed by atoms with Gasteiger partial charge in [-0.25, -0.2) is 8.78 Å². The molecule has 0 spiro atoms. The van der Waals surface area contributed by atoms with Crippen LogP contribution in [-0.4, -0.2) is 11.8 Å². The summed E-state index contributed by atoms with van der Waals surface area (Å²) in [6, 6.07) is 0. The average Bonchev–Trinajstić information content (AvgIpc) is 2.10. The van der Waals surface area contributed by atoms with Crippen LogP contribution in [0.2, 0.25) is 0 Å². The van der Waals surface area contributed by atoms with Gasteiger partial charge in [-0.05, 0) is 0 Å². The maximum atomic E-state index is 12.6. The van der Waals surface area contributed by atoms with Gasteiger partial charge in [-0.1, -0.05) is 23.2 Å². The van der Waals surface area contributed by atoms with E-state index in [9.17, 15) is 26.3 Å². The molecule has 0 bridgehead atoms. The second-order valence-electron chi connectivity index (χ2n) is 2.40. The van der Waals surface area contributed by atoms with Crippen molar-refractivity contribution in [3.05, 3.63) is 21.7 Å². The van der Waals surface area contributed by atoms with Gasteiger partial charge < -0.3 is 0 Å². The lowest BCUT2D eigenvalue weighted by Crippen LogP contribution is -2.44. The first-order chi connectivity index (χ1) is 6.14. The van der Waals surface area contributed by atoms with E-state index in [0.717, 1.165) is 0 Å². The van der Waals surface area contributed by atoms with Crippen LogP contribution in [-0.2, 0) is 0 Å². The van der Waals surface area contributed by atoms with Crippen molar-refractivity contribution in [3.8, 4) is 0 Å². The molecule has 0 aliphatic heterocycles. The van der Waals surface area contributed by atoms with Gasteiger partial charge in [-0.3, -0.25) is 0 Å². The van der Waals surface area contributed by atoms with Crippen LogP contribution in [0.5, 0.6) is 0 Å². The van der Waals surface area contributed by atoms with Crippen molar-refractivity contribution in [2.45, 2.75) is 11.8 Å². The first kappa shape index (κ1) is 11.7. The van der Waals surface area contributed by atoms with Crippen molar-refractivity contribution in [3.63, 3.8) is 0 Å². The van der Waals surface area contributed by atoms with E-state index in [1.54, 1.807) is 0 Å². The molecule has 8 heteroatoms. The van der Waals surface area contributed by atoms with E-state index in [1.165, 1.54) is 0 Å². The first-order valence-electron chi connectivity index (χ1n) is 3.01. The van der Waals surface area contributed by atoms with Crippen LogP contribution in [0, 0.1) is 0 Å². The summed E-state index contributed by atoms with van der Waals surface area (Å²) >= 11 is 9.09. The van der Waals surface area contributed by atoms with Crippen LogP contribution in [0.25, 0.3) is 0 Å². The Labute approximate surface area is 83.8 Å². The first-order valence-corrected chi connectivity index (χ1v) is 3.77. The molecule has 80 valence electrons. The van der Waals surface area contributed by atoms with Crippen molar-refractivity contribution in [1.29, 1.82) is 0 Å². The van der Waals surface area contributed by atoms with Crippen LogP contribution in [0.3, 0.4) is 0 Å². The van der Waals surface area contributed by atoms with Gasteiger partial charge in [0, 0.05) is 0 Å². The Bertz CT molecular complexity index is 308. The third-order valence-electron chi connectivity index (χ3n) is 1.52. The van der Waals surface area contributed by atoms with Gasteiger partial charge in [0.15, 0.2) is 11.7 Å². The van der Waals surface area contributed by atoms with E-state index in [2.05, 4.69) is 23.2 Å². The van der Waals surface area contributed by atoms with Crippen molar-refractivity contribution >= 4 is 23.2 Å². The predicted octanol–water partition coefficient (Wildman–Crippen LogP) is 4.11. The Morgan fingerprint density at radius 3 is 1.14 bits per heavy atom. The summed E-state index contributed by atoms with van der Waals surface area (Å²) in [5.74, 6) is -14.6. The molecule has 0 atom stereocenters. The molecule has 0 nitrogen and oxygen atoms in total. The highest BCUT2D eigenvalue weighted by molar-refractivity contribution is 6.34. The second-order valence-corrected chi connectivity index (χ2v) is 3.16. The largest absolute Gasteiger partial charge is 0.353 e. The van der Waals surface area contributed by atoms with Crippen LogP contribution >= 0.6 is 23.2 Å². The van der Waals surface area contributed by atoms with E-state index < -0.39 is 33.6 Å². The smallest absolute Gasteiger partial charge is 0.202 e. The summed E-state index contributed by atoms with van der Waals surface area (Å²) in [6.07, 6.45) is 0. The second kappa shape index (κ2) is 3.06. The lowest BCUT2D eigenvalue weighted by Gasteiger charge is -2.29. The zero-order chi connectivity index (χ0) is 11.3. The number of allylic oxidation sites excluding steroid dienone is 4. The molecule has 0 unspecified atom stereocenters. The van der Waals surface area contributed by atoms with Crippen LogP contribution in [0.1, 0.15) is 0 Å². The van der Waals surface area contributed by atoms with Gasteiger partial charge in [0.05, 0.1) is 0 Å². The predicted molar refractivity (Wildman–Crippen MR) is 37.9 cm³/mol. The molecule has 0 heterocycles. The van der Waals surface area contributed by atoms with Crippen molar-refractivity contribution in [2.24, 2.45) is 0 Å². The minimum atomic E-state index is -5.04. The standard InChI is InChI=1S/C6Cl2F6/c7-3-1(9)2(10)4(8)6(13,14)5(3,11)12. The highest BCUT2D eigenvalue weighted by Crippen LogP contribution is 2.54. The molecular weight excluding hydrogens is 257 g/mol. The minimum absolute atomic E-state index is 2.19. The fourth-order valence-electron chi connectivity index (χ4n) is 0.744. The molecule has 0 saturated carbocycles. The maximum absolute atomic E-state index is 12.6. The molecule has 0 fully saturated rings. The average molecular weight is 257 g/mol. The van der Waals surface area contributed by atoms with Crippen molar-refractivity contribution in [2.75, 3.05) is 0 Å². The molecule has 0 radical (unpaired) electrons. The molecule has 0 N–H and O–H groups in total. The van der Waals surface area contributed by atoms with E-state index in [-0.39, 0.29) is 0 Å². The number of alkyl halides is 4. The van der Waals surface area contributed by atoms with E-state index in [4.69, 9.17) is 0 Å². The third-order valence-corrected chi connectivity index (χ3v) is 2.33. The summed E-state index contributed by atoms with van der Waals surface area (Å²) in [4.78, 5) is 0. The normalized spacial score (nSPS) is 25.7. The molecule has 0 aromatic rings. The molecule has 1 rings (SSSR count). The van der Waals surface area contributed by atoms with Crippen molar-refractivity contribution < 1.29 is 26.3 Å². The van der Waals surface area contributed by atoms with Gasteiger partial charge >= 0.3 is 11.8 Å². The number of rotatable bonds is 0. The summed E-state index contributed by atoms with van der Waals surface area (Å²) < 4.78 is 75.3. The van der Waals surface area contributed by atoms with Gasteiger partial charge in [0.25, 0.3) is 0 Å². The van der Waals surface area contributed by atoms with Gasteiger partial charge in [-0.2, -0.15) is 17.6 Å². The number of hydrogen-bond donors (Lipinski definition) is 0. The molecule has 14 heavy (non-hydrogen) atoms. The highest BCUT2D eigenvalue weighted by atomic mass is 35.5. The summed E-state index contributed by atoms with van der Waals surface area (Å²) in [5, 5.41) is -4.38. The monoisotopic (exact) mass is 256 g/mol. The Hall–Kier alpha value is -0.360. The van der Waals surface area contributed by atoms with Gasteiger partial charge in [0.2, 0.25) is 0 Å². The van der Waals surface area contributed by atoms with E-state index in [0.29, 0.717) is 0 Å². The molecule has 1 aliphatic carbocycles. The maximum Gasteiger partial charge on any atom is 0.353 e. The zero-order valence-electron chi connectivity index (χ0n) is 6.02. The molecule has 0 aromatic heterocycles. The third kappa shape index (κ3) is 1.24. The van der Waals surface area contributed by atoms with Gasteiger partial charge in [-0.15, -0.1) is 0 Å². The van der Waals surface area contributed by atoms with Crippen LogP contribution in [0.4, 0.5) is 26.3 Å². The fourth-order valence-corrected chi connectivity index (χ4v) is 1.15. The topological polar surface area (TPSA) is 0 Å². The minimum Gasteiger partial charge on any atom is -0.202 e. The lowest BCUT2D eigenvalue weighted by molar-refractivity contribution is -0.157.